The Kier molecular flexibility index (Phi) is 34.0. The van der Waals surface area contributed by atoms with Crippen LogP contribution < -0.4 is 40.3 Å². The van der Waals surface area contributed by atoms with Gasteiger partial charge >= 0.3 is 114 Å². The molecule has 2 aromatic carbocycles. The molecule has 0 spiro atoms. The molecular weight excluding hydrogens is 1200 g/mol. The molecule has 0 saturated carbocycles. The van der Waals surface area contributed by atoms with Gasteiger partial charge in [-0.25, -0.2) is 0 Å². The number of nitrogens with two attached hydrogens (primary N) is 1. The molecule has 13 heteroatoms. The molecule has 4 nitrogen and oxygen atoms in total. The van der Waals surface area contributed by atoms with Crippen molar-refractivity contribution in [2.24, 2.45) is 11.8 Å². The Balaban J connectivity index is 0. The van der Waals surface area contributed by atoms with Crippen molar-refractivity contribution in [3.8, 4) is 0 Å². The summed E-state index contributed by atoms with van der Waals surface area (Å²) in [5, 5.41) is 5.83. The monoisotopic (exact) mass is 1240 g/mol. The SMILES string of the molecule is CNC1CN(Cc2ccccc2)CCC1C.C[NH2+]C1C[NH+](Cc2ccccc2)CCC1C.[Cl-].[Cl-].[I][V]([I])[I].[I][V][I]. The van der Waals surface area contributed by atoms with Crippen LogP contribution in [0.15, 0.2) is 60.7 Å². The van der Waals surface area contributed by atoms with E-state index in [-0.39, 0.29) is 29.7 Å². The first kappa shape index (κ1) is 46.8. The minimum absolute atomic E-state index is 0. The average Bonchev–Trinajstić information content (AvgIpc) is 2.92. The molecule has 237 valence electrons. The number of halogens is 7. The topological polar surface area (TPSA) is 36.3 Å². The Hall–Kier alpha value is 3.68. The van der Waals surface area contributed by atoms with Crippen LogP contribution in [0.1, 0.15) is 37.8 Å². The van der Waals surface area contributed by atoms with Gasteiger partial charge in [-0.05, 0) is 31.5 Å². The number of likely N-dealkylation sites (tertiary alicyclic amines) is 2. The number of hydrogen-bond donors (Lipinski definition) is 3. The molecular formula is C28H46Cl2I5N4V2. The summed E-state index contributed by atoms with van der Waals surface area (Å²) in [6.07, 6.45) is 2.68. The van der Waals surface area contributed by atoms with Gasteiger partial charge in [0.1, 0.15) is 19.1 Å². The standard InChI is InChI=1S/2C14H22N2.2ClH.5HI.2V/c2*1-12-8-9-16(11-14(12)15-2)10-13-6-4-3-5-7-13;;;;;;;;;/h2*3-7,12,14-15H,8-11H2,1-2H3;7*1H;;/q;;;;;;;;;+2;+3/p-5. The van der Waals surface area contributed by atoms with E-state index in [1.807, 2.05) is 0 Å². The minimum atomic E-state index is -0.278. The number of likely N-dealkylation sites (N-methyl/N-ethyl adjacent to an activating group) is 2. The van der Waals surface area contributed by atoms with Gasteiger partial charge in [-0.15, -0.1) is 0 Å². The molecule has 41 heavy (non-hydrogen) atoms. The summed E-state index contributed by atoms with van der Waals surface area (Å²) in [6, 6.07) is 23.1. The van der Waals surface area contributed by atoms with Crippen molar-refractivity contribution in [2.75, 3.05) is 40.3 Å². The Morgan fingerprint density at radius 3 is 1.93 bits per heavy atom. The zero-order valence-electron chi connectivity index (χ0n) is 24.3. The molecule has 2 saturated heterocycles. The van der Waals surface area contributed by atoms with E-state index in [9.17, 15) is 0 Å². The molecule has 0 amide bonds. The Labute approximate surface area is 329 Å². The maximum absolute atomic E-state index is 3.43. The Morgan fingerprint density at radius 1 is 0.927 bits per heavy atom. The van der Waals surface area contributed by atoms with Crippen molar-refractivity contribution >= 4 is 99.9 Å². The number of hydrogen-bond acceptors (Lipinski definition) is 2. The Morgan fingerprint density at radius 2 is 1.44 bits per heavy atom. The first-order valence-corrected chi connectivity index (χ1v) is 36.1. The van der Waals surface area contributed by atoms with Crippen LogP contribution in [0, 0.1) is 11.8 Å². The van der Waals surface area contributed by atoms with Gasteiger partial charge < -0.3 is 40.3 Å². The van der Waals surface area contributed by atoms with Crippen molar-refractivity contribution in [3.63, 3.8) is 0 Å². The Bertz CT molecular complexity index is 784. The molecule has 2 fully saturated rings. The molecule has 2 aliphatic heterocycles. The number of nitrogens with zero attached hydrogens (tertiary/aromatic N) is 1. The van der Waals surface area contributed by atoms with E-state index in [1.165, 1.54) is 56.7 Å². The van der Waals surface area contributed by atoms with Gasteiger partial charge in [0.15, 0.2) is 0 Å². The third-order valence-corrected chi connectivity index (χ3v) is 7.60. The second-order valence-corrected chi connectivity index (χ2v) is 57.4. The summed E-state index contributed by atoms with van der Waals surface area (Å²) in [5.41, 5.74) is 2.90. The van der Waals surface area contributed by atoms with Crippen molar-refractivity contribution in [2.45, 2.75) is 51.9 Å². The molecule has 2 heterocycles. The van der Waals surface area contributed by atoms with Crippen molar-refractivity contribution in [3.05, 3.63) is 71.8 Å². The predicted molar refractivity (Wildman–Crippen MR) is 205 cm³/mol. The fourth-order valence-corrected chi connectivity index (χ4v) is 5.27. The normalized spacial score (nSPS) is 23.5. The summed E-state index contributed by atoms with van der Waals surface area (Å²) in [6.45, 7) is 12.1. The predicted octanol–water partition coefficient (Wildman–Crippen LogP) is 0.221. The van der Waals surface area contributed by atoms with Gasteiger partial charge in [-0.2, -0.15) is 0 Å². The number of rotatable bonds is 6. The fourth-order valence-electron chi connectivity index (χ4n) is 5.27. The van der Waals surface area contributed by atoms with Gasteiger partial charge in [0.2, 0.25) is 0 Å². The van der Waals surface area contributed by atoms with Crippen molar-refractivity contribution < 1.29 is 49.4 Å². The average molecular weight is 1250 g/mol. The van der Waals surface area contributed by atoms with Gasteiger partial charge in [0, 0.05) is 37.0 Å². The summed E-state index contributed by atoms with van der Waals surface area (Å²) in [7, 11) is 4.92. The number of quaternary nitrogens is 2. The van der Waals surface area contributed by atoms with E-state index in [2.05, 4.69) is 204 Å². The number of piperidine rings is 2. The molecule has 4 N–H and O–H groups in total. The van der Waals surface area contributed by atoms with Crippen LogP contribution in [0.2, 0.25) is 0 Å². The van der Waals surface area contributed by atoms with E-state index in [4.69, 9.17) is 0 Å². The molecule has 0 aliphatic carbocycles. The first-order valence-electron chi connectivity index (χ1n) is 13.5. The first-order chi connectivity index (χ1) is 18.7. The molecule has 2 aromatic rings. The summed E-state index contributed by atoms with van der Waals surface area (Å²) in [5.74, 6) is 1.68. The van der Waals surface area contributed by atoms with Crippen LogP contribution in [-0.4, -0.2) is 57.3 Å². The number of nitrogens with one attached hydrogen (secondary N) is 2. The maximum atomic E-state index is 3.43. The van der Waals surface area contributed by atoms with Gasteiger partial charge in [-0.1, -0.05) is 74.5 Å². The summed E-state index contributed by atoms with van der Waals surface area (Å²) < 4.78 is 0. The van der Waals surface area contributed by atoms with E-state index < -0.39 is 0 Å². The van der Waals surface area contributed by atoms with Crippen LogP contribution in [0.4, 0.5) is 0 Å². The van der Waals surface area contributed by atoms with Gasteiger partial charge in [-0.3, -0.25) is 4.90 Å². The molecule has 0 aromatic heterocycles. The van der Waals surface area contributed by atoms with Gasteiger partial charge in [0.05, 0.1) is 13.6 Å². The molecule has 4 rings (SSSR count). The molecule has 0 radical (unpaired) electrons. The molecule has 2 aliphatic rings. The third-order valence-electron chi connectivity index (χ3n) is 7.60. The van der Waals surface area contributed by atoms with Crippen molar-refractivity contribution in [1.29, 1.82) is 0 Å². The van der Waals surface area contributed by atoms with Crippen LogP contribution in [0.3, 0.4) is 0 Å². The fraction of sp³-hybridized carbons (Fsp3) is 0.571. The second-order valence-electron chi connectivity index (χ2n) is 10.3. The molecule has 5 atom stereocenters. The van der Waals surface area contributed by atoms with Crippen LogP contribution in [-0.2, 0) is 27.5 Å². The second kappa shape index (κ2) is 29.8. The zero-order chi connectivity index (χ0) is 29.0. The van der Waals surface area contributed by atoms with Crippen LogP contribution in [0.25, 0.3) is 0 Å². The third kappa shape index (κ3) is 22.8. The van der Waals surface area contributed by atoms with E-state index in [0.717, 1.165) is 24.4 Å². The van der Waals surface area contributed by atoms with E-state index >= 15 is 0 Å². The van der Waals surface area contributed by atoms with E-state index in [0.29, 0.717) is 15.5 Å². The van der Waals surface area contributed by atoms with Gasteiger partial charge in [0.25, 0.3) is 0 Å². The van der Waals surface area contributed by atoms with Crippen molar-refractivity contribution in [1.82, 2.24) is 10.2 Å². The molecule has 5 unspecified atom stereocenters. The summed E-state index contributed by atoms with van der Waals surface area (Å²) >= 11 is 12.1. The quantitative estimate of drug-likeness (QED) is 0.363. The zero-order valence-corrected chi connectivity index (χ0v) is 39.4. The number of benzene rings is 2. The van der Waals surface area contributed by atoms with Crippen LogP contribution in [0.5, 0.6) is 0 Å². The van der Waals surface area contributed by atoms with E-state index in [1.54, 1.807) is 4.90 Å². The van der Waals surface area contributed by atoms with Crippen LogP contribution >= 0.6 is 99.9 Å². The molecule has 0 bridgehead atoms. The summed E-state index contributed by atoms with van der Waals surface area (Å²) in [4.78, 5) is 4.02.